The molecule has 3 nitrogen and oxygen atoms in total. The molecule has 0 bridgehead atoms. The molecule has 0 heterocycles. The zero-order chi connectivity index (χ0) is 13.0. The van der Waals surface area contributed by atoms with E-state index in [0.29, 0.717) is 12.2 Å². The standard InChI is InChI=1S/C12H18Br2N2O/c1-3-16(4-2)7-11(17)9-5-8(13)6-10(14)12(9)15/h5-6,11,17H,3-4,7,15H2,1-2H3. The van der Waals surface area contributed by atoms with E-state index < -0.39 is 6.10 Å². The van der Waals surface area contributed by atoms with Crippen molar-refractivity contribution in [2.24, 2.45) is 0 Å². The molecule has 5 heteroatoms. The Morgan fingerprint density at radius 1 is 1.29 bits per heavy atom. The molecule has 1 unspecified atom stereocenters. The van der Waals surface area contributed by atoms with E-state index in [1.54, 1.807) is 0 Å². The van der Waals surface area contributed by atoms with Crippen LogP contribution in [-0.4, -0.2) is 29.6 Å². The van der Waals surface area contributed by atoms with Gasteiger partial charge in [-0.05, 0) is 41.2 Å². The minimum atomic E-state index is -0.566. The highest BCUT2D eigenvalue weighted by molar-refractivity contribution is 9.11. The Morgan fingerprint density at radius 2 is 1.88 bits per heavy atom. The predicted octanol–water partition coefficient (Wildman–Crippen LogP) is 3.17. The molecule has 0 aliphatic heterocycles. The number of nitrogens with two attached hydrogens (primary N) is 1. The lowest BCUT2D eigenvalue weighted by molar-refractivity contribution is 0.119. The number of anilines is 1. The van der Waals surface area contributed by atoms with Gasteiger partial charge in [0.15, 0.2) is 0 Å². The van der Waals surface area contributed by atoms with Crippen LogP contribution >= 0.6 is 31.9 Å². The van der Waals surface area contributed by atoms with E-state index in [4.69, 9.17) is 5.73 Å². The largest absolute Gasteiger partial charge is 0.398 e. The number of aliphatic hydroxyl groups is 1. The molecule has 17 heavy (non-hydrogen) atoms. The molecule has 0 saturated carbocycles. The highest BCUT2D eigenvalue weighted by atomic mass is 79.9. The van der Waals surface area contributed by atoms with Crippen molar-refractivity contribution in [2.45, 2.75) is 20.0 Å². The number of benzene rings is 1. The normalized spacial score (nSPS) is 13.1. The van der Waals surface area contributed by atoms with Gasteiger partial charge in [0, 0.05) is 21.1 Å². The van der Waals surface area contributed by atoms with Crippen molar-refractivity contribution < 1.29 is 5.11 Å². The molecule has 0 aliphatic rings. The number of halogens is 2. The van der Waals surface area contributed by atoms with Gasteiger partial charge in [-0.15, -0.1) is 0 Å². The highest BCUT2D eigenvalue weighted by Crippen LogP contribution is 2.32. The Hall–Kier alpha value is -0.100. The molecule has 0 radical (unpaired) electrons. The molecule has 0 fully saturated rings. The quantitative estimate of drug-likeness (QED) is 0.788. The van der Waals surface area contributed by atoms with Gasteiger partial charge in [-0.2, -0.15) is 0 Å². The van der Waals surface area contributed by atoms with Crippen molar-refractivity contribution in [3.05, 3.63) is 26.6 Å². The maximum atomic E-state index is 10.2. The highest BCUT2D eigenvalue weighted by Gasteiger charge is 2.16. The van der Waals surface area contributed by atoms with Crippen molar-refractivity contribution in [3.63, 3.8) is 0 Å². The van der Waals surface area contributed by atoms with Gasteiger partial charge in [-0.1, -0.05) is 29.8 Å². The van der Waals surface area contributed by atoms with E-state index in [-0.39, 0.29) is 0 Å². The summed E-state index contributed by atoms with van der Waals surface area (Å²) in [5, 5.41) is 10.2. The third-order valence-corrected chi connectivity index (χ3v) is 3.92. The van der Waals surface area contributed by atoms with Crippen LogP contribution in [0.15, 0.2) is 21.1 Å². The molecule has 1 aromatic carbocycles. The van der Waals surface area contributed by atoms with Gasteiger partial charge in [0.1, 0.15) is 0 Å². The van der Waals surface area contributed by atoms with Crippen LogP contribution in [0.5, 0.6) is 0 Å². The van der Waals surface area contributed by atoms with Gasteiger partial charge in [0.2, 0.25) is 0 Å². The molecule has 3 N–H and O–H groups in total. The summed E-state index contributed by atoms with van der Waals surface area (Å²) in [6.07, 6.45) is -0.566. The summed E-state index contributed by atoms with van der Waals surface area (Å²) in [6.45, 7) is 6.60. The zero-order valence-corrected chi connectivity index (χ0v) is 13.3. The molecule has 1 atom stereocenters. The van der Waals surface area contributed by atoms with Crippen LogP contribution < -0.4 is 5.73 Å². The molecule has 0 spiro atoms. The topological polar surface area (TPSA) is 49.5 Å². The van der Waals surface area contributed by atoms with Crippen molar-refractivity contribution in [3.8, 4) is 0 Å². The maximum absolute atomic E-state index is 10.2. The summed E-state index contributed by atoms with van der Waals surface area (Å²) in [6, 6.07) is 3.75. The molecular weight excluding hydrogens is 348 g/mol. The van der Waals surface area contributed by atoms with Gasteiger partial charge in [-0.3, -0.25) is 0 Å². The number of aliphatic hydroxyl groups excluding tert-OH is 1. The smallest absolute Gasteiger partial charge is 0.0937 e. The first kappa shape index (κ1) is 15.0. The summed E-state index contributed by atoms with van der Waals surface area (Å²) < 4.78 is 1.72. The molecular formula is C12H18Br2N2O. The second-order valence-corrected chi connectivity index (χ2v) is 5.66. The van der Waals surface area contributed by atoms with Gasteiger partial charge in [0.25, 0.3) is 0 Å². The van der Waals surface area contributed by atoms with Crippen molar-refractivity contribution in [1.82, 2.24) is 4.90 Å². The SMILES string of the molecule is CCN(CC)CC(O)c1cc(Br)cc(Br)c1N. The lowest BCUT2D eigenvalue weighted by atomic mass is 10.1. The minimum Gasteiger partial charge on any atom is -0.398 e. The summed E-state index contributed by atoms with van der Waals surface area (Å²) in [5.41, 5.74) is 7.33. The van der Waals surface area contributed by atoms with Crippen LogP contribution in [0.1, 0.15) is 25.5 Å². The fourth-order valence-corrected chi connectivity index (χ4v) is 2.96. The second-order valence-electron chi connectivity index (χ2n) is 3.89. The Kier molecular flexibility index (Phi) is 5.92. The monoisotopic (exact) mass is 364 g/mol. The fraction of sp³-hybridized carbons (Fsp3) is 0.500. The molecule has 0 aliphatic carbocycles. The van der Waals surface area contributed by atoms with E-state index in [0.717, 1.165) is 27.6 Å². The van der Waals surface area contributed by atoms with Gasteiger partial charge in [-0.25, -0.2) is 0 Å². The van der Waals surface area contributed by atoms with Crippen molar-refractivity contribution >= 4 is 37.5 Å². The van der Waals surface area contributed by atoms with Crippen molar-refractivity contribution in [2.75, 3.05) is 25.4 Å². The molecule has 0 saturated heterocycles. The van der Waals surface area contributed by atoms with Gasteiger partial charge >= 0.3 is 0 Å². The Bertz CT molecular complexity index is 381. The number of rotatable bonds is 5. The second kappa shape index (κ2) is 6.73. The minimum absolute atomic E-state index is 0.566. The van der Waals surface area contributed by atoms with E-state index in [1.807, 2.05) is 12.1 Å². The first-order chi connectivity index (χ1) is 7.99. The van der Waals surface area contributed by atoms with E-state index in [9.17, 15) is 5.11 Å². The fourth-order valence-electron chi connectivity index (χ4n) is 1.71. The number of nitrogens with zero attached hydrogens (tertiary/aromatic N) is 1. The van der Waals surface area contributed by atoms with Gasteiger partial charge < -0.3 is 15.7 Å². The van der Waals surface area contributed by atoms with E-state index >= 15 is 0 Å². The molecule has 1 aromatic rings. The number of hydrogen-bond acceptors (Lipinski definition) is 3. The number of hydrogen-bond donors (Lipinski definition) is 2. The summed E-state index contributed by atoms with van der Waals surface area (Å²) in [7, 11) is 0. The van der Waals surface area contributed by atoms with Crippen LogP contribution in [0.3, 0.4) is 0 Å². The first-order valence-electron chi connectivity index (χ1n) is 5.64. The Labute approximate surface area is 119 Å². The average molecular weight is 366 g/mol. The van der Waals surface area contributed by atoms with Crippen LogP contribution in [0.2, 0.25) is 0 Å². The third-order valence-electron chi connectivity index (χ3n) is 2.81. The summed E-state index contributed by atoms with van der Waals surface area (Å²) in [4.78, 5) is 2.17. The predicted molar refractivity (Wildman–Crippen MR) is 79.0 cm³/mol. The van der Waals surface area contributed by atoms with E-state index in [1.165, 1.54) is 0 Å². The number of nitrogen functional groups attached to an aromatic ring is 1. The Morgan fingerprint density at radius 3 is 2.41 bits per heavy atom. The lowest BCUT2D eigenvalue weighted by Gasteiger charge is -2.23. The average Bonchev–Trinajstić information content (AvgIpc) is 2.30. The summed E-state index contributed by atoms with van der Waals surface area (Å²) >= 11 is 6.79. The third kappa shape index (κ3) is 3.95. The molecule has 1 rings (SSSR count). The molecule has 0 amide bonds. The number of likely N-dealkylation sites (N-methyl/N-ethyl adjacent to an activating group) is 1. The van der Waals surface area contributed by atoms with Crippen LogP contribution in [0.4, 0.5) is 5.69 Å². The van der Waals surface area contributed by atoms with Crippen LogP contribution in [-0.2, 0) is 0 Å². The first-order valence-corrected chi connectivity index (χ1v) is 7.23. The van der Waals surface area contributed by atoms with Crippen LogP contribution in [0, 0.1) is 0 Å². The van der Waals surface area contributed by atoms with E-state index in [2.05, 4.69) is 50.6 Å². The Balaban J connectivity index is 2.92. The van der Waals surface area contributed by atoms with Crippen molar-refractivity contribution in [1.29, 1.82) is 0 Å². The molecule has 96 valence electrons. The van der Waals surface area contributed by atoms with Crippen LogP contribution in [0.25, 0.3) is 0 Å². The molecule has 0 aromatic heterocycles. The lowest BCUT2D eigenvalue weighted by Crippen LogP contribution is -2.28. The maximum Gasteiger partial charge on any atom is 0.0937 e. The summed E-state index contributed by atoms with van der Waals surface area (Å²) in [5.74, 6) is 0. The zero-order valence-electron chi connectivity index (χ0n) is 10.1. The van der Waals surface area contributed by atoms with Gasteiger partial charge in [0.05, 0.1) is 11.8 Å².